The molecule has 3 aliphatic rings. The van der Waals surface area contributed by atoms with Gasteiger partial charge < -0.3 is 0 Å². The number of hydrogen-bond acceptors (Lipinski definition) is 3. The van der Waals surface area contributed by atoms with Gasteiger partial charge >= 0.3 is 0 Å². The Hall–Kier alpha value is -1.20. The van der Waals surface area contributed by atoms with E-state index in [0.717, 1.165) is 31.5 Å². The highest BCUT2D eigenvalue weighted by Gasteiger charge is 2.53. The van der Waals surface area contributed by atoms with Gasteiger partial charge in [0.15, 0.2) is 0 Å². The van der Waals surface area contributed by atoms with Gasteiger partial charge in [0.1, 0.15) is 8.24 Å². The van der Waals surface area contributed by atoms with Gasteiger partial charge in [-0.3, -0.25) is 15.2 Å². The van der Waals surface area contributed by atoms with E-state index >= 15 is 0 Å². The smallest absolute Gasteiger partial charge is 0.129 e. The van der Waals surface area contributed by atoms with Crippen LogP contribution in [0.1, 0.15) is 51.7 Å². The number of nitrogens with zero attached hydrogens (tertiary/aromatic N) is 1. The van der Waals surface area contributed by atoms with Crippen LogP contribution in [-0.4, -0.2) is 32.8 Å². The molecule has 0 aromatic heterocycles. The van der Waals surface area contributed by atoms with E-state index < -0.39 is 8.24 Å². The van der Waals surface area contributed by atoms with E-state index in [0.29, 0.717) is 11.8 Å². The van der Waals surface area contributed by atoms with Crippen LogP contribution >= 0.6 is 0 Å². The van der Waals surface area contributed by atoms with Crippen molar-refractivity contribution in [2.75, 3.05) is 20.0 Å². The van der Waals surface area contributed by atoms with Gasteiger partial charge in [-0.15, -0.1) is 0 Å². The molecule has 2 N–H and O–H groups in total. The number of hydrogen-bond donors (Lipinski definition) is 2. The quantitative estimate of drug-likeness (QED) is 0.622. The lowest BCUT2D eigenvalue weighted by Crippen LogP contribution is -2.63. The van der Waals surface area contributed by atoms with Crippen LogP contribution in [0.4, 0.5) is 0 Å². The predicted molar refractivity (Wildman–Crippen MR) is 132 cm³/mol. The summed E-state index contributed by atoms with van der Waals surface area (Å²) >= 11 is 0. The Balaban J connectivity index is 1.62. The van der Waals surface area contributed by atoms with Gasteiger partial charge in [0.25, 0.3) is 0 Å². The lowest BCUT2D eigenvalue weighted by Gasteiger charge is -2.47. The summed E-state index contributed by atoms with van der Waals surface area (Å²) in [6.45, 7) is 17.5. The van der Waals surface area contributed by atoms with Gasteiger partial charge in [0, 0.05) is 20.0 Å². The fourth-order valence-corrected chi connectivity index (χ4v) is 10.6. The maximum atomic E-state index is 3.54. The molecule has 0 spiro atoms. The maximum absolute atomic E-state index is 3.54. The van der Waals surface area contributed by atoms with E-state index in [1.165, 1.54) is 24.0 Å². The van der Waals surface area contributed by atoms with Crippen molar-refractivity contribution >= 4 is 13.8 Å². The third-order valence-corrected chi connectivity index (χ3v) is 12.5. The molecule has 4 heteroatoms. The summed E-state index contributed by atoms with van der Waals surface area (Å²) in [5.41, 5.74) is 5.44. The first kappa shape index (κ1) is 22.0. The van der Waals surface area contributed by atoms with Crippen LogP contribution < -0.4 is 10.6 Å². The third kappa shape index (κ3) is 4.00. The van der Waals surface area contributed by atoms with Crippen molar-refractivity contribution in [3.05, 3.63) is 53.6 Å². The average molecular weight is 424 g/mol. The molecule has 1 aliphatic heterocycles. The minimum atomic E-state index is -1.60. The second kappa shape index (κ2) is 8.38. The van der Waals surface area contributed by atoms with E-state index in [4.69, 9.17) is 0 Å². The van der Waals surface area contributed by atoms with Crippen molar-refractivity contribution in [3.8, 4) is 0 Å². The molecular formula is C26H41N3Si. The highest BCUT2D eigenvalue weighted by molar-refractivity contribution is 6.76. The minimum Gasteiger partial charge on any atom is -0.299 e. The molecule has 0 amide bonds. The van der Waals surface area contributed by atoms with Crippen LogP contribution in [0.2, 0.25) is 18.6 Å². The van der Waals surface area contributed by atoms with Crippen molar-refractivity contribution in [2.45, 2.75) is 64.6 Å². The van der Waals surface area contributed by atoms with Crippen molar-refractivity contribution in [1.82, 2.24) is 15.2 Å². The molecule has 0 bridgehead atoms. The molecule has 1 saturated heterocycles. The Bertz CT molecular complexity index is 797. The summed E-state index contributed by atoms with van der Waals surface area (Å²) in [5.74, 6) is 2.17. The van der Waals surface area contributed by atoms with Gasteiger partial charge in [-0.05, 0) is 51.8 Å². The molecule has 2 fully saturated rings. The summed E-state index contributed by atoms with van der Waals surface area (Å²) in [6.07, 6.45) is 9.95. The normalized spacial score (nSPS) is 30.3. The Morgan fingerprint density at radius 1 is 1.07 bits per heavy atom. The van der Waals surface area contributed by atoms with Crippen molar-refractivity contribution in [3.63, 3.8) is 0 Å². The zero-order chi connectivity index (χ0) is 21.5. The zero-order valence-electron chi connectivity index (χ0n) is 19.8. The average Bonchev–Trinajstić information content (AvgIpc) is 3.13. The van der Waals surface area contributed by atoms with Crippen LogP contribution in [-0.2, 0) is 5.41 Å². The van der Waals surface area contributed by atoms with E-state index in [1.54, 1.807) is 5.57 Å². The van der Waals surface area contributed by atoms with Gasteiger partial charge in [0.05, 0.1) is 0 Å². The molecule has 3 nitrogen and oxygen atoms in total. The molecule has 1 aromatic rings. The Labute approximate surface area is 185 Å². The predicted octanol–water partition coefficient (Wildman–Crippen LogP) is 5.54. The van der Waals surface area contributed by atoms with E-state index in [-0.39, 0.29) is 5.41 Å². The standard InChI is InChI=1S/C26H41N3Si/c1-7-19-15-24-22(20-11-13-21(14-12-20)26(2,3)4)9-8-10-23(24)25(19)30(5,6)29-17-27-16-28-18-29/h8-14,19,23-25,27-28H,7,15-18H2,1-6H3. The molecule has 30 heavy (non-hydrogen) atoms. The SMILES string of the molecule is CCC1CC2C(c3ccc(C(C)(C)C)cc3)=CC=CC2C1[Si](C)(C)N1CNCNC1. The van der Waals surface area contributed by atoms with Gasteiger partial charge in [0.2, 0.25) is 0 Å². The second-order valence-corrected chi connectivity index (χ2v) is 15.7. The molecule has 164 valence electrons. The summed E-state index contributed by atoms with van der Waals surface area (Å²) in [6, 6.07) is 9.43. The Kier molecular flexibility index (Phi) is 6.15. The minimum absolute atomic E-state index is 0.208. The first-order valence-corrected chi connectivity index (χ1v) is 14.9. The highest BCUT2D eigenvalue weighted by Crippen LogP contribution is 2.58. The van der Waals surface area contributed by atoms with Crippen LogP contribution in [0.5, 0.6) is 0 Å². The largest absolute Gasteiger partial charge is 0.299 e. The summed E-state index contributed by atoms with van der Waals surface area (Å²) in [4.78, 5) is 0. The number of rotatable bonds is 4. The summed E-state index contributed by atoms with van der Waals surface area (Å²) in [7, 11) is -1.60. The number of benzene rings is 1. The lowest BCUT2D eigenvalue weighted by molar-refractivity contribution is 0.278. The third-order valence-electron chi connectivity index (χ3n) is 8.05. The van der Waals surface area contributed by atoms with Gasteiger partial charge in [-0.2, -0.15) is 0 Å². The van der Waals surface area contributed by atoms with E-state index in [2.05, 4.69) is 98.5 Å². The lowest BCUT2D eigenvalue weighted by atomic mass is 9.80. The van der Waals surface area contributed by atoms with Gasteiger partial charge in [-0.25, -0.2) is 0 Å². The van der Waals surface area contributed by atoms with Crippen LogP contribution in [0, 0.1) is 17.8 Å². The first-order chi connectivity index (χ1) is 14.2. The van der Waals surface area contributed by atoms with Gasteiger partial charge in [-0.1, -0.05) is 89.7 Å². The van der Waals surface area contributed by atoms with Crippen molar-refractivity contribution in [1.29, 1.82) is 0 Å². The molecular weight excluding hydrogens is 382 g/mol. The molecule has 4 rings (SSSR count). The fourth-order valence-electron chi connectivity index (χ4n) is 6.28. The van der Waals surface area contributed by atoms with Crippen molar-refractivity contribution in [2.24, 2.45) is 17.8 Å². The molecule has 4 unspecified atom stereocenters. The number of allylic oxidation sites excluding steroid dienone is 4. The molecule has 4 atom stereocenters. The maximum Gasteiger partial charge on any atom is 0.129 e. The molecule has 2 aliphatic carbocycles. The molecule has 1 saturated carbocycles. The molecule has 1 aromatic carbocycles. The number of nitrogens with one attached hydrogen (secondary N) is 2. The molecule has 0 radical (unpaired) electrons. The highest BCUT2D eigenvalue weighted by atomic mass is 28.3. The Morgan fingerprint density at radius 3 is 2.33 bits per heavy atom. The topological polar surface area (TPSA) is 27.3 Å². The van der Waals surface area contributed by atoms with E-state index in [1.807, 2.05) is 0 Å². The van der Waals surface area contributed by atoms with E-state index in [9.17, 15) is 0 Å². The fraction of sp³-hybridized carbons (Fsp3) is 0.615. The summed E-state index contributed by atoms with van der Waals surface area (Å²) < 4.78 is 2.75. The first-order valence-electron chi connectivity index (χ1n) is 11.9. The number of fused-ring (bicyclic) bond motifs is 1. The Morgan fingerprint density at radius 2 is 1.73 bits per heavy atom. The van der Waals surface area contributed by atoms with Crippen molar-refractivity contribution < 1.29 is 0 Å². The molecule has 1 heterocycles. The van der Waals surface area contributed by atoms with Crippen LogP contribution in [0.15, 0.2) is 42.5 Å². The second-order valence-electron chi connectivity index (χ2n) is 11.1. The zero-order valence-corrected chi connectivity index (χ0v) is 20.8. The summed E-state index contributed by atoms with van der Waals surface area (Å²) in [5, 5.41) is 7.08. The van der Waals surface area contributed by atoms with Crippen LogP contribution in [0.3, 0.4) is 0 Å². The monoisotopic (exact) mass is 423 g/mol. The van der Waals surface area contributed by atoms with Crippen LogP contribution in [0.25, 0.3) is 5.57 Å².